The molecular weight excluding hydrogens is 418 g/mol. The summed E-state index contributed by atoms with van der Waals surface area (Å²) < 4.78 is 5.36. The highest BCUT2D eigenvalue weighted by molar-refractivity contribution is 7.15. The highest BCUT2D eigenvalue weighted by Crippen LogP contribution is 2.32. The zero-order chi connectivity index (χ0) is 20.7. The van der Waals surface area contributed by atoms with Gasteiger partial charge in [-0.2, -0.15) is 0 Å². The lowest BCUT2D eigenvalue weighted by molar-refractivity contribution is 0.102. The Bertz CT molecular complexity index is 1370. The Hall–Kier alpha value is -3.43. The SMILES string of the molecule is Cc1ccc(-c2cc(C(=O)Nc3nc(-c4ccccn4)cs3)c3c(C)noc3n2)s1. The van der Waals surface area contributed by atoms with Crippen LogP contribution < -0.4 is 5.32 Å². The van der Waals surface area contributed by atoms with Crippen LogP contribution >= 0.6 is 22.7 Å². The molecule has 9 heteroatoms. The first-order valence-corrected chi connectivity index (χ1v) is 10.8. The first kappa shape index (κ1) is 18.6. The summed E-state index contributed by atoms with van der Waals surface area (Å²) in [6.07, 6.45) is 1.71. The predicted octanol–water partition coefficient (Wildman–Crippen LogP) is 5.34. The highest BCUT2D eigenvalue weighted by atomic mass is 32.1. The molecule has 0 aliphatic rings. The predicted molar refractivity (Wildman–Crippen MR) is 118 cm³/mol. The third-order valence-corrected chi connectivity index (χ3v) is 6.29. The number of aryl methyl sites for hydroxylation is 2. The van der Waals surface area contributed by atoms with Crippen molar-refractivity contribution >= 4 is 44.8 Å². The van der Waals surface area contributed by atoms with Gasteiger partial charge in [0.2, 0.25) is 0 Å². The third kappa shape index (κ3) is 3.38. The van der Waals surface area contributed by atoms with Gasteiger partial charge in [-0.3, -0.25) is 15.1 Å². The number of anilines is 1. The van der Waals surface area contributed by atoms with Crippen LogP contribution in [0, 0.1) is 13.8 Å². The van der Waals surface area contributed by atoms with Crippen LogP contribution in [0.15, 0.2) is 52.5 Å². The standard InChI is InChI=1S/C21H15N5O2S2/c1-11-6-7-17(30-11)15-9-13(18-12(2)26-28-20(18)23-15)19(27)25-21-24-16(10-29-21)14-5-3-4-8-22-14/h3-10H,1-2H3,(H,24,25,27). The molecule has 1 amide bonds. The Morgan fingerprint density at radius 2 is 1.97 bits per heavy atom. The molecule has 0 spiro atoms. The van der Waals surface area contributed by atoms with E-state index >= 15 is 0 Å². The Labute approximate surface area is 179 Å². The van der Waals surface area contributed by atoms with Crippen LogP contribution in [-0.4, -0.2) is 26.0 Å². The van der Waals surface area contributed by atoms with Crippen molar-refractivity contribution in [2.45, 2.75) is 13.8 Å². The number of carbonyl (C=O) groups excluding carboxylic acids is 1. The molecule has 7 nitrogen and oxygen atoms in total. The summed E-state index contributed by atoms with van der Waals surface area (Å²) in [5, 5.41) is 9.84. The molecule has 0 saturated carbocycles. The maximum absolute atomic E-state index is 13.2. The monoisotopic (exact) mass is 433 g/mol. The van der Waals surface area contributed by atoms with Crippen molar-refractivity contribution in [1.82, 2.24) is 20.1 Å². The van der Waals surface area contributed by atoms with Gasteiger partial charge in [0.1, 0.15) is 5.69 Å². The van der Waals surface area contributed by atoms with Crippen LogP contribution in [0.25, 0.3) is 33.1 Å². The molecule has 0 aliphatic heterocycles. The number of rotatable bonds is 4. The van der Waals surface area contributed by atoms with Crippen LogP contribution in [-0.2, 0) is 0 Å². The van der Waals surface area contributed by atoms with Gasteiger partial charge in [-0.15, -0.1) is 22.7 Å². The minimum Gasteiger partial charge on any atom is -0.335 e. The lowest BCUT2D eigenvalue weighted by atomic mass is 10.1. The summed E-state index contributed by atoms with van der Waals surface area (Å²) in [6.45, 7) is 3.82. The number of pyridine rings is 2. The lowest BCUT2D eigenvalue weighted by Crippen LogP contribution is -2.13. The van der Waals surface area contributed by atoms with Gasteiger partial charge in [0.05, 0.1) is 32.9 Å². The first-order valence-electron chi connectivity index (χ1n) is 9.10. The largest absolute Gasteiger partial charge is 0.335 e. The normalized spacial score (nSPS) is 11.1. The van der Waals surface area contributed by atoms with Gasteiger partial charge in [-0.25, -0.2) is 9.97 Å². The molecule has 5 aromatic rings. The van der Waals surface area contributed by atoms with Gasteiger partial charge in [0.25, 0.3) is 11.6 Å². The minimum atomic E-state index is -0.287. The molecule has 0 atom stereocenters. The fourth-order valence-corrected chi connectivity index (χ4v) is 4.63. The molecule has 0 saturated heterocycles. The smallest absolute Gasteiger partial charge is 0.259 e. The maximum atomic E-state index is 13.2. The van der Waals surface area contributed by atoms with Gasteiger partial charge in [0.15, 0.2) is 5.13 Å². The zero-order valence-electron chi connectivity index (χ0n) is 16.0. The third-order valence-electron chi connectivity index (χ3n) is 4.51. The quantitative estimate of drug-likeness (QED) is 0.411. The van der Waals surface area contributed by atoms with E-state index in [1.54, 1.807) is 30.5 Å². The van der Waals surface area contributed by atoms with Crippen LogP contribution in [0.2, 0.25) is 0 Å². The number of thiophene rings is 1. The van der Waals surface area contributed by atoms with Gasteiger partial charge in [-0.05, 0) is 44.2 Å². The Kier molecular flexibility index (Phi) is 4.61. The molecule has 0 aromatic carbocycles. The summed E-state index contributed by atoms with van der Waals surface area (Å²) >= 11 is 2.96. The van der Waals surface area contributed by atoms with E-state index in [0.717, 1.165) is 15.4 Å². The fourth-order valence-electron chi connectivity index (χ4n) is 3.10. The fraction of sp³-hybridized carbons (Fsp3) is 0.0952. The number of aromatic nitrogens is 4. The Morgan fingerprint density at radius 1 is 1.07 bits per heavy atom. The van der Waals surface area contributed by atoms with Crippen molar-refractivity contribution < 1.29 is 9.32 Å². The zero-order valence-corrected chi connectivity index (χ0v) is 17.7. The lowest BCUT2D eigenvalue weighted by Gasteiger charge is -2.05. The second-order valence-electron chi connectivity index (χ2n) is 6.62. The van der Waals surface area contributed by atoms with Gasteiger partial charge in [-0.1, -0.05) is 11.2 Å². The summed E-state index contributed by atoms with van der Waals surface area (Å²) in [5.41, 5.74) is 3.56. The molecule has 0 aliphatic carbocycles. The molecule has 148 valence electrons. The average molecular weight is 434 g/mol. The molecule has 5 aromatic heterocycles. The minimum absolute atomic E-state index is 0.287. The number of thiazole rings is 1. The molecular formula is C21H15N5O2S2. The number of hydrogen-bond donors (Lipinski definition) is 1. The van der Waals surface area contributed by atoms with Gasteiger partial charge in [0, 0.05) is 16.5 Å². The van der Waals surface area contributed by atoms with Crippen LogP contribution in [0.4, 0.5) is 5.13 Å². The number of carbonyl (C=O) groups is 1. The average Bonchev–Trinajstić information content (AvgIpc) is 3.49. The van der Waals surface area contributed by atoms with Crippen molar-refractivity contribution in [3.63, 3.8) is 0 Å². The molecule has 0 fully saturated rings. The van der Waals surface area contributed by atoms with Gasteiger partial charge >= 0.3 is 0 Å². The van der Waals surface area contributed by atoms with E-state index in [2.05, 4.69) is 25.4 Å². The van der Waals surface area contributed by atoms with E-state index in [4.69, 9.17) is 4.52 Å². The second kappa shape index (κ2) is 7.43. The summed E-state index contributed by atoms with van der Waals surface area (Å²) in [5.74, 6) is -0.287. The topological polar surface area (TPSA) is 93.8 Å². The van der Waals surface area contributed by atoms with Crippen LogP contribution in [0.3, 0.4) is 0 Å². The van der Waals surface area contributed by atoms with Crippen LogP contribution in [0.1, 0.15) is 20.9 Å². The molecule has 5 rings (SSSR count). The van der Waals surface area contributed by atoms with E-state index < -0.39 is 0 Å². The van der Waals surface area contributed by atoms with Crippen molar-refractivity contribution in [3.8, 4) is 22.0 Å². The molecule has 5 heterocycles. The number of nitrogens with one attached hydrogen (secondary N) is 1. The summed E-state index contributed by atoms with van der Waals surface area (Å²) in [6, 6.07) is 11.4. The number of amides is 1. The Morgan fingerprint density at radius 3 is 2.73 bits per heavy atom. The highest BCUT2D eigenvalue weighted by Gasteiger charge is 2.21. The van der Waals surface area contributed by atoms with E-state index in [1.165, 1.54) is 11.3 Å². The van der Waals surface area contributed by atoms with E-state index in [0.29, 0.717) is 38.9 Å². The first-order chi connectivity index (χ1) is 14.6. The molecule has 0 bridgehead atoms. The molecule has 30 heavy (non-hydrogen) atoms. The van der Waals surface area contributed by atoms with Crippen molar-refractivity contribution in [3.05, 3.63) is 64.1 Å². The van der Waals surface area contributed by atoms with E-state index in [9.17, 15) is 4.79 Å². The van der Waals surface area contributed by atoms with Crippen molar-refractivity contribution in [2.24, 2.45) is 0 Å². The van der Waals surface area contributed by atoms with Crippen molar-refractivity contribution in [1.29, 1.82) is 0 Å². The summed E-state index contributed by atoms with van der Waals surface area (Å²) in [4.78, 5) is 28.6. The van der Waals surface area contributed by atoms with E-state index in [1.807, 2.05) is 42.6 Å². The van der Waals surface area contributed by atoms with Crippen LogP contribution in [0.5, 0.6) is 0 Å². The molecule has 1 N–H and O–H groups in total. The molecule has 0 unspecified atom stereocenters. The van der Waals surface area contributed by atoms with Crippen molar-refractivity contribution in [2.75, 3.05) is 5.32 Å². The number of nitrogens with zero attached hydrogens (tertiary/aromatic N) is 4. The Balaban J connectivity index is 1.51. The van der Waals surface area contributed by atoms with Gasteiger partial charge < -0.3 is 4.52 Å². The number of fused-ring (bicyclic) bond motifs is 1. The number of hydrogen-bond acceptors (Lipinski definition) is 8. The van der Waals surface area contributed by atoms with E-state index in [-0.39, 0.29) is 5.91 Å². The maximum Gasteiger partial charge on any atom is 0.259 e. The second-order valence-corrected chi connectivity index (χ2v) is 8.77. The summed E-state index contributed by atoms with van der Waals surface area (Å²) in [7, 11) is 0. The molecule has 0 radical (unpaired) electrons.